The molecule has 0 N–H and O–H groups in total. The van der Waals surface area contributed by atoms with Gasteiger partial charge in [-0.15, -0.1) is 11.3 Å². The molecular formula is C22H23N3O2S. The second-order valence-electron chi connectivity index (χ2n) is 6.88. The van der Waals surface area contributed by atoms with E-state index in [-0.39, 0.29) is 5.91 Å². The zero-order chi connectivity index (χ0) is 19.5. The summed E-state index contributed by atoms with van der Waals surface area (Å²) in [6.07, 6.45) is 0. The Balaban J connectivity index is 1.41. The van der Waals surface area contributed by atoms with Gasteiger partial charge < -0.3 is 14.5 Å². The predicted molar refractivity (Wildman–Crippen MR) is 113 cm³/mol. The third-order valence-corrected chi connectivity index (χ3v) is 5.90. The molecule has 0 bridgehead atoms. The molecule has 0 atom stereocenters. The van der Waals surface area contributed by atoms with Crippen LogP contribution in [0.15, 0.2) is 53.9 Å². The molecule has 1 aliphatic heterocycles. The Hall–Kier alpha value is -2.86. The van der Waals surface area contributed by atoms with Crippen LogP contribution in [0.5, 0.6) is 5.75 Å². The molecule has 4 rings (SSSR count). The molecule has 5 nitrogen and oxygen atoms in total. The molecule has 28 heavy (non-hydrogen) atoms. The highest BCUT2D eigenvalue weighted by atomic mass is 32.1. The topological polar surface area (TPSA) is 45.7 Å². The minimum atomic E-state index is 0.0138. The van der Waals surface area contributed by atoms with E-state index >= 15 is 0 Å². The molecule has 1 saturated heterocycles. The van der Waals surface area contributed by atoms with Crippen LogP contribution in [0.4, 0.5) is 5.69 Å². The first kappa shape index (κ1) is 18.5. The van der Waals surface area contributed by atoms with E-state index in [0.29, 0.717) is 18.8 Å². The first-order valence-electron chi connectivity index (χ1n) is 9.35. The van der Waals surface area contributed by atoms with Crippen molar-refractivity contribution in [2.45, 2.75) is 6.92 Å². The first-order chi connectivity index (χ1) is 13.6. The van der Waals surface area contributed by atoms with Crippen molar-refractivity contribution in [2.24, 2.45) is 0 Å². The second-order valence-corrected chi connectivity index (χ2v) is 7.74. The maximum Gasteiger partial charge on any atom is 0.273 e. The smallest absolute Gasteiger partial charge is 0.273 e. The molecule has 0 spiro atoms. The number of methoxy groups -OCH3 is 1. The lowest BCUT2D eigenvalue weighted by Gasteiger charge is -2.35. The highest BCUT2D eigenvalue weighted by Gasteiger charge is 2.24. The van der Waals surface area contributed by atoms with E-state index in [1.807, 2.05) is 28.5 Å². The number of rotatable bonds is 4. The lowest BCUT2D eigenvalue weighted by molar-refractivity contribution is 0.0741. The van der Waals surface area contributed by atoms with Gasteiger partial charge in [0.2, 0.25) is 0 Å². The highest BCUT2D eigenvalue weighted by molar-refractivity contribution is 7.13. The van der Waals surface area contributed by atoms with Gasteiger partial charge in [-0.1, -0.05) is 35.9 Å². The summed E-state index contributed by atoms with van der Waals surface area (Å²) in [5.41, 5.74) is 3.93. The fourth-order valence-corrected chi connectivity index (χ4v) is 4.14. The lowest BCUT2D eigenvalue weighted by Crippen LogP contribution is -2.48. The van der Waals surface area contributed by atoms with Crippen molar-refractivity contribution in [3.8, 4) is 16.3 Å². The van der Waals surface area contributed by atoms with Gasteiger partial charge >= 0.3 is 0 Å². The van der Waals surface area contributed by atoms with E-state index in [1.165, 1.54) is 16.9 Å². The average molecular weight is 394 g/mol. The van der Waals surface area contributed by atoms with Crippen molar-refractivity contribution in [1.82, 2.24) is 9.88 Å². The Labute approximate surface area is 169 Å². The van der Waals surface area contributed by atoms with Crippen LogP contribution >= 0.6 is 11.3 Å². The molecule has 1 amide bonds. The minimum Gasteiger partial charge on any atom is -0.497 e. The Morgan fingerprint density at radius 1 is 1.07 bits per heavy atom. The van der Waals surface area contributed by atoms with E-state index in [1.54, 1.807) is 7.11 Å². The van der Waals surface area contributed by atoms with Crippen LogP contribution in [-0.2, 0) is 0 Å². The fraction of sp³-hybridized carbons (Fsp3) is 0.273. The summed E-state index contributed by atoms with van der Waals surface area (Å²) in [5, 5.41) is 2.75. The molecule has 0 unspecified atom stereocenters. The van der Waals surface area contributed by atoms with E-state index in [2.05, 4.69) is 47.1 Å². The summed E-state index contributed by atoms with van der Waals surface area (Å²) in [4.78, 5) is 21.6. The van der Waals surface area contributed by atoms with Gasteiger partial charge in [0.1, 0.15) is 16.5 Å². The summed E-state index contributed by atoms with van der Waals surface area (Å²) < 4.78 is 5.31. The van der Waals surface area contributed by atoms with Gasteiger partial charge in [-0.3, -0.25) is 4.79 Å². The number of carbonyl (C=O) groups is 1. The van der Waals surface area contributed by atoms with Crippen LogP contribution in [0.3, 0.4) is 0 Å². The molecular weight excluding hydrogens is 370 g/mol. The third kappa shape index (κ3) is 3.87. The second kappa shape index (κ2) is 8.02. The van der Waals surface area contributed by atoms with Gasteiger partial charge in [-0.2, -0.15) is 0 Å². The lowest BCUT2D eigenvalue weighted by atomic mass is 10.2. The largest absolute Gasteiger partial charge is 0.497 e. The van der Waals surface area contributed by atoms with Crippen molar-refractivity contribution in [3.63, 3.8) is 0 Å². The van der Waals surface area contributed by atoms with Crippen molar-refractivity contribution < 1.29 is 9.53 Å². The van der Waals surface area contributed by atoms with Crippen molar-refractivity contribution >= 4 is 22.9 Å². The maximum atomic E-state index is 12.9. The van der Waals surface area contributed by atoms with Gasteiger partial charge in [0.15, 0.2) is 0 Å². The van der Waals surface area contributed by atoms with Gasteiger partial charge in [0.25, 0.3) is 5.91 Å². The minimum absolute atomic E-state index is 0.0138. The van der Waals surface area contributed by atoms with E-state index in [0.717, 1.165) is 35.1 Å². The average Bonchev–Trinajstić information content (AvgIpc) is 3.24. The molecule has 2 aromatic carbocycles. The van der Waals surface area contributed by atoms with Crippen molar-refractivity contribution in [3.05, 3.63) is 65.2 Å². The normalized spacial score (nSPS) is 14.2. The molecule has 6 heteroatoms. The first-order valence-corrected chi connectivity index (χ1v) is 10.2. The number of hydrogen-bond donors (Lipinski definition) is 0. The van der Waals surface area contributed by atoms with E-state index < -0.39 is 0 Å². The number of aromatic nitrogens is 1. The van der Waals surface area contributed by atoms with Crippen LogP contribution in [0.25, 0.3) is 10.6 Å². The maximum absolute atomic E-state index is 12.9. The van der Waals surface area contributed by atoms with Crippen molar-refractivity contribution in [1.29, 1.82) is 0 Å². The summed E-state index contributed by atoms with van der Waals surface area (Å²) in [7, 11) is 1.68. The number of piperazine rings is 1. The molecule has 1 aliphatic rings. The molecule has 0 radical (unpaired) electrons. The summed E-state index contributed by atoms with van der Waals surface area (Å²) in [6, 6.07) is 16.3. The molecule has 2 heterocycles. The standard InChI is InChI=1S/C22H23N3O2S/c1-16-6-8-17(9-7-16)21-23-20(15-28-21)22(26)25-12-10-24(11-13-25)18-4-3-5-19(14-18)27-2/h3-9,14-15H,10-13H2,1-2H3. The number of ether oxygens (including phenoxy) is 1. The zero-order valence-electron chi connectivity index (χ0n) is 16.1. The molecule has 1 fully saturated rings. The summed E-state index contributed by atoms with van der Waals surface area (Å²) in [6.45, 7) is 5.04. The van der Waals surface area contributed by atoms with Gasteiger partial charge in [-0.25, -0.2) is 4.98 Å². The summed E-state index contributed by atoms with van der Waals surface area (Å²) in [5.74, 6) is 0.863. The third-order valence-electron chi connectivity index (χ3n) is 5.01. The van der Waals surface area contributed by atoms with Gasteiger partial charge in [0.05, 0.1) is 7.11 Å². The molecule has 144 valence electrons. The number of nitrogens with zero attached hydrogens (tertiary/aromatic N) is 3. The predicted octanol–water partition coefficient (Wildman–Crippen LogP) is 4.09. The number of aryl methyl sites for hydroxylation is 1. The fourth-order valence-electron chi connectivity index (χ4n) is 3.34. The quantitative estimate of drug-likeness (QED) is 0.670. The number of benzene rings is 2. The Morgan fingerprint density at radius 2 is 1.82 bits per heavy atom. The Morgan fingerprint density at radius 3 is 2.54 bits per heavy atom. The SMILES string of the molecule is COc1cccc(N2CCN(C(=O)c3csc(-c4ccc(C)cc4)n3)CC2)c1. The van der Waals surface area contributed by atoms with Crippen molar-refractivity contribution in [2.75, 3.05) is 38.2 Å². The highest BCUT2D eigenvalue weighted by Crippen LogP contribution is 2.26. The monoisotopic (exact) mass is 393 g/mol. The number of amides is 1. The number of hydrogen-bond acceptors (Lipinski definition) is 5. The van der Waals surface area contributed by atoms with Gasteiger partial charge in [0, 0.05) is 48.9 Å². The van der Waals surface area contributed by atoms with Crippen LogP contribution in [0, 0.1) is 6.92 Å². The van der Waals surface area contributed by atoms with Crippen LogP contribution in [-0.4, -0.2) is 49.1 Å². The summed E-state index contributed by atoms with van der Waals surface area (Å²) >= 11 is 1.52. The molecule has 0 saturated carbocycles. The van der Waals surface area contributed by atoms with E-state index in [9.17, 15) is 4.79 Å². The van der Waals surface area contributed by atoms with Crippen LogP contribution in [0.2, 0.25) is 0 Å². The van der Waals surface area contributed by atoms with E-state index in [4.69, 9.17) is 4.74 Å². The molecule has 3 aromatic rings. The number of anilines is 1. The number of thiazole rings is 1. The molecule has 1 aromatic heterocycles. The molecule has 0 aliphatic carbocycles. The van der Waals surface area contributed by atoms with Crippen LogP contribution in [0.1, 0.15) is 16.1 Å². The zero-order valence-corrected chi connectivity index (χ0v) is 16.9. The van der Waals surface area contributed by atoms with Crippen LogP contribution < -0.4 is 9.64 Å². The Bertz CT molecular complexity index is 960. The Kier molecular flexibility index (Phi) is 5.30. The van der Waals surface area contributed by atoms with Gasteiger partial charge in [-0.05, 0) is 19.1 Å². The number of carbonyl (C=O) groups excluding carboxylic acids is 1.